The number of carbonyl (C=O) groups is 2. The summed E-state index contributed by atoms with van der Waals surface area (Å²) in [4.78, 5) is 25.6. The number of carboxylic acids is 1. The molecule has 1 amide bonds. The van der Waals surface area contributed by atoms with Crippen molar-refractivity contribution in [1.82, 2.24) is 4.90 Å². The first kappa shape index (κ1) is 17.3. The van der Waals surface area contributed by atoms with Crippen LogP contribution in [-0.4, -0.2) is 54.8 Å². The molecule has 23 heavy (non-hydrogen) atoms. The molecule has 126 valence electrons. The van der Waals surface area contributed by atoms with E-state index in [2.05, 4.69) is 0 Å². The maximum absolute atomic E-state index is 12.7. The van der Waals surface area contributed by atoms with Crippen molar-refractivity contribution in [3.05, 3.63) is 29.3 Å². The Balaban J connectivity index is 2.18. The second-order valence-electron chi connectivity index (χ2n) is 5.59. The zero-order chi connectivity index (χ0) is 16.8. The molecule has 1 heterocycles. The van der Waals surface area contributed by atoms with Crippen molar-refractivity contribution in [3.8, 4) is 5.75 Å². The second-order valence-corrected chi connectivity index (χ2v) is 5.59. The van der Waals surface area contributed by atoms with E-state index in [1.54, 1.807) is 11.0 Å². The topological polar surface area (TPSA) is 76.1 Å². The Hall–Kier alpha value is -2.08. The Kier molecular flexibility index (Phi) is 5.98. The standard InChI is InChI=1S/C17H23NO5/c1-3-18(11-14-6-4-5-7-23-14)16(19)12-8-13(17(20)21)10-15(9-12)22-2/h8-10,14H,3-7,11H2,1-2H3,(H,20,21)/t14-/m0/s1. The fourth-order valence-electron chi connectivity index (χ4n) is 2.70. The average molecular weight is 321 g/mol. The first-order chi connectivity index (χ1) is 11.0. The minimum Gasteiger partial charge on any atom is -0.497 e. The molecule has 0 spiro atoms. The van der Waals surface area contributed by atoms with E-state index < -0.39 is 5.97 Å². The first-order valence-corrected chi connectivity index (χ1v) is 7.88. The van der Waals surface area contributed by atoms with Gasteiger partial charge in [-0.3, -0.25) is 4.79 Å². The molecule has 1 N–H and O–H groups in total. The second kappa shape index (κ2) is 7.97. The fourth-order valence-corrected chi connectivity index (χ4v) is 2.70. The number of carbonyl (C=O) groups excluding carboxylic acids is 1. The number of likely N-dealkylation sites (N-methyl/N-ethyl adjacent to an activating group) is 1. The molecular formula is C17H23NO5. The quantitative estimate of drug-likeness (QED) is 0.871. The number of hydrogen-bond acceptors (Lipinski definition) is 4. The molecule has 1 aliphatic heterocycles. The molecular weight excluding hydrogens is 298 g/mol. The van der Waals surface area contributed by atoms with Crippen LogP contribution in [0.5, 0.6) is 5.75 Å². The molecule has 1 fully saturated rings. The van der Waals surface area contributed by atoms with Crippen LogP contribution in [0.2, 0.25) is 0 Å². The predicted octanol–water partition coefficient (Wildman–Crippen LogP) is 2.42. The van der Waals surface area contributed by atoms with E-state index in [9.17, 15) is 9.59 Å². The van der Waals surface area contributed by atoms with Gasteiger partial charge in [-0.1, -0.05) is 0 Å². The van der Waals surface area contributed by atoms with Crippen LogP contribution >= 0.6 is 0 Å². The number of hydrogen-bond donors (Lipinski definition) is 1. The van der Waals surface area contributed by atoms with E-state index in [0.717, 1.165) is 25.9 Å². The molecule has 1 aliphatic rings. The number of amides is 1. The highest BCUT2D eigenvalue weighted by Gasteiger charge is 2.22. The summed E-state index contributed by atoms with van der Waals surface area (Å²) < 4.78 is 10.8. The van der Waals surface area contributed by atoms with Gasteiger partial charge in [0, 0.05) is 25.3 Å². The molecule has 6 heteroatoms. The lowest BCUT2D eigenvalue weighted by Crippen LogP contribution is -2.39. The Morgan fingerprint density at radius 1 is 1.30 bits per heavy atom. The van der Waals surface area contributed by atoms with Crippen LogP contribution in [0.15, 0.2) is 18.2 Å². The van der Waals surface area contributed by atoms with Gasteiger partial charge in [0.2, 0.25) is 0 Å². The van der Waals surface area contributed by atoms with E-state index in [1.165, 1.54) is 19.2 Å². The number of carboxylic acid groups (broad SMARTS) is 1. The normalized spacial score (nSPS) is 17.6. The smallest absolute Gasteiger partial charge is 0.335 e. The molecule has 0 radical (unpaired) electrons. The summed E-state index contributed by atoms with van der Waals surface area (Å²) in [5.41, 5.74) is 0.358. The third-order valence-electron chi connectivity index (χ3n) is 4.00. The molecule has 0 aliphatic carbocycles. The number of ether oxygens (including phenoxy) is 2. The lowest BCUT2D eigenvalue weighted by atomic mass is 10.1. The van der Waals surface area contributed by atoms with Crippen molar-refractivity contribution in [2.24, 2.45) is 0 Å². The summed E-state index contributed by atoms with van der Waals surface area (Å²) in [5, 5.41) is 9.17. The Labute approximate surface area is 136 Å². The lowest BCUT2D eigenvalue weighted by Gasteiger charge is -2.29. The average Bonchev–Trinajstić information content (AvgIpc) is 2.59. The highest BCUT2D eigenvalue weighted by atomic mass is 16.5. The van der Waals surface area contributed by atoms with Gasteiger partial charge in [-0.05, 0) is 44.4 Å². The fraction of sp³-hybridized carbons (Fsp3) is 0.529. The summed E-state index contributed by atoms with van der Waals surface area (Å²) in [5.74, 6) is -0.932. The Bertz CT molecular complexity index is 566. The maximum Gasteiger partial charge on any atom is 0.335 e. The van der Waals surface area contributed by atoms with E-state index in [1.807, 2.05) is 6.92 Å². The summed E-state index contributed by atoms with van der Waals surface area (Å²) in [6.07, 6.45) is 3.17. The van der Waals surface area contributed by atoms with Crippen molar-refractivity contribution >= 4 is 11.9 Å². The zero-order valence-corrected chi connectivity index (χ0v) is 13.6. The third-order valence-corrected chi connectivity index (χ3v) is 4.00. The van der Waals surface area contributed by atoms with Crippen molar-refractivity contribution < 1.29 is 24.2 Å². The van der Waals surface area contributed by atoms with E-state index in [0.29, 0.717) is 24.4 Å². The van der Waals surface area contributed by atoms with Crippen molar-refractivity contribution in [2.75, 3.05) is 26.8 Å². The van der Waals surface area contributed by atoms with Crippen LogP contribution in [0.3, 0.4) is 0 Å². The number of benzene rings is 1. The largest absolute Gasteiger partial charge is 0.497 e. The summed E-state index contributed by atoms with van der Waals surface area (Å²) in [6, 6.07) is 4.36. The van der Waals surface area contributed by atoms with Gasteiger partial charge in [0.15, 0.2) is 0 Å². The van der Waals surface area contributed by atoms with Crippen LogP contribution in [-0.2, 0) is 4.74 Å². The van der Waals surface area contributed by atoms with Gasteiger partial charge >= 0.3 is 5.97 Å². The van der Waals surface area contributed by atoms with E-state index >= 15 is 0 Å². The van der Waals surface area contributed by atoms with Crippen LogP contribution in [0.25, 0.3) is 0 Å². The Morgan fingerprint density at radius 3 is 2.61 bits per heavy atom. The summed E-state index contributed by atoms with van der Waals surface area (Å²) >= 11 is 0. The molecule has 6 nitrogen and oxygen atoms in total. The van der Waals surface area contributed by atoms with Crippen LogP contribution in [0.4, 0.5) is 0 Å². The molecule has 1 aromatic rings. The molecule has 1 aromatic carbocycles. The van der Waals surface area contributed by atoms with Crippen LogP contribution < -0.4 is 4.74 Å². The van der Waals surface area contributed by atoms with Gasteiger partial charge in [0.25, 0.3) is 5.91 Å². The van der Waals surface area contributed by atoms with Crippen LogP contribution in [0.1, 0.15) is 46.9 Å². The summed E-state index contributed by atoms with van der Waals surface area (Å²) in [6.45, 7) is 3.70. The molecule has 0 bridgehead atoms. The first-order valence-electron chi connectivity index (χ1n) is 7.88. The molecule has 1 saturated heterocycles. The van der Waals surface area contributed by atoms with Gasteiger partial charge in [0.05, 0.1) is 18.8 Å². The zero-order valence-electron chi connectivity index (χ0n) is 13.6. The highest BCUT2D eigenvalue weighted by molar-refractivity contribution is 5.98. The molecule has 0 aromatic heterocycles. The highest BCUT2D eigenvalue weighted by Crippen LogP contribution is 2.20. The number of aromatic carboxylic acids is 1. The molecule has 1 atom stereocenters. The van der Waals surface area contributed by atoms with Crippen molar-refractivity contribution in [3.63, 3.8) is 0 Å². The molecule has 0 unspecified atom stereocenters. The van der Waals surface area contributed by atoms with Gasteiger partial charge < -0.3 is 19.5 Å². The van der Waals surface area contributed by atoms with Crippen molar-refractivity contribution in [2.45, 2.75) is 32.3 Å². The number of methoxy groups -OCH3 is 1. The number of rotatable bonds is 6. The van der Waals surface area contributed by atoms with Crippen LogP contribution in [0, 0.1) is 0 Å². The minimum atomic E-state index is -1.09. The maximum atomic E-state index is 12.7. The van der Waals surface area contributed by atoms with E-state index in [4.69, 9.17) is 14.6 Å². The number of nitrogens with zero attached hydrogens (tertiary/aromatic N) is 1. The van der Waals surface area contributed by atoms with Gasteiger partial charge in [-0.25, -0.2) is 4.79 Å². The SMILES string of the molecule is CCN(C[C@@H]1CCCCO1)C(=O)c1cc(OC)cc(C(=O)O)c1. The van der Waals surface area contributed by atoms with Gasteiger partial charge in [-0.2, -0.15) is 0 Å². The van der Waals surface area contributed by atoms with Crippen molar-refractivity contribution in [1.29, 1.82) is 0 Å². The van der Waals surface area contributed by atoms with Gasteiger partial charge in [0.1, 0.15) is 5.75 Å². The summed E-state index contributed by atoms with van der Waals surface area (Å²) in [7, 11) is 1.45. The molecule has 2 rings (SSSR count). The third kappa shape index (κ3) is 4.45. The van der Waals surface area contributed by atoms with Gasteiger partial charge in [-0.15, -0.1) is 0 Å². The monoisotopic (exact) mass is 321 g/mol. The predicted molar refractivity (Wildman–Crippen MR) is 85.1 cm³/mol. The Morgan fingerprint density at radius 2 is 2.04 bits per heavy atom. The lowest BCUT2D eigenvalue weighted by molar-refractivity contribution is -0.00312. The van der Waals surface area contributed by atoms with E-state index in [-0.39, 0.29) is 17.6 Å². The molecule has 0 saturated carbocycles. The minimum absolute atomic E-state index is 0.0395.